The molecule has 0 aromatic heterocycles. The Labute approximate surface area is 136 Å². The van der Waals surface area contributed by atoms with Gasteiger partial charge < -0.3 is 19.9 Å². The maximum absolute atomic E-state index is 12.7. The van der Waals surface area contributed by atoms with E-state index >= 15 is 0 Å². The smallest absolute Gasteiger partial charge is 0.322 e. The Balaban J connectivity index is 1.76. The van der Waals surface area contributed by atoms with Gasteiger partial charge in [-0.2, -0.15) is 0 Å². The van der Waals surface area contributed by atoms with Crippen LogP contribution in [0.5, 0.6) is 5.75 Å². The van der Waals surface area contributed by atoms with Gasteiger partial charge in [0.05, 0.1) is 7.11 Å². The van der Waals surface area contributed by atoms with Gasteiger partial charge in [-0.05, 0) is 49.9 Å². The number of amides is 3. The molecular formula is C17H23N3O3. The van der Waals surface area contributed by atoms with E-state index in [1.165, 1.54) is 0 Å². The zero-order valence-electron chi connectivity index (χ0n) is 13.7. The molecule has 0 radical (unpaired) electrons. The highest BCUT2D eigenvalue weighted by molar-refractivity contribution is 5.96. The number of likely N-dealkylation sites (N-methyl/N-ethyl adjacent to an activating group) is 1. The molecule has 6 heteroatoms. The SMILES string of the molecule is COc1ccc(NC(=O)N2CCCC23CCCN(C)C3=O)cc1. The van der Waals surface area contributed by atoms with Gasteiger partial charge in [-0.3, -0.25) is 4.79 Å². The van der Waals surface area contributed by atoms with Crippen molar-refractivity contribution >= 4 is 17.6 Å². The number of rotatable bonds is 2. The average Bonchev–Trinajstić information content (AvgIpc) is 2.98. The Kier molecular flexibility index (Phi) is 4.15. The lowest BCUT2D eigenvalue weighted by molar-refractivity contribution is -0.143. The molecule has 3 amide bonds. The number of methoxy groups -OCH3 is 1. The van der Waals surface area contributed by atoms with Crippen molar-refractivity contribution in [1.82, 2.24) is 9.80 Å². The maximum atomic E-state index is 12.7. The fourth-order valence-corrected chi connectivity index (χ4v) is 3.69. The van der Waals surface area contributed by atoms with Gasteiger partial charge in [0.25, 0.3) is 0 Å². The van der Waals surface area contributed by atoms with Crippen molar-refractivity contribution in [3.8, 4) is 5.75 Å². The number of likely N-dealkylation sites (tertiary alicyclic amines) is 2. The van der Waals surface area contributed by atoms with Gasteiger partial charge in [-0.15, -0.1) is 0 Å². The number of nitrogens with zero attached hydrogens (tertiary/aromatic N) is 2. The number of carbonyl (C=O) groups is 2. The van der Waals surface area contributed by atoms with Gasteiger partial charge in [-0.25, -0.2) is 4.79 Å². The molecule has 0 aliphatic carbocycles. The molecule has 1 unspecified atom stereocenters. The van der Waals surface area contributed by atoms with E-state index in [9.17, 15) is 9.59 Å². The third-order valence-electron chi connectivity index (χ3n) is 4.90. The lowest BCUT2D eigenvalue weighted by atomic mass is 9.86. The van der Waals surface area contributed by atoms with Crippen LogP contribution in [0.4, 0.5) is 10.5 Å². The number of hydrogen-bond acceptors (Lipinski definition) is 3. The minimum absolute atomic E-state index is 0.0751. The highest BCUT2D eigenvalue weighted by Crippen LogP contribution is 2.38. The van der Waals surface area contributed by atoms with Crippen LogP contribution >= 0.6 is 0 Å². The predicted molar refractivity (Wildman–Crippen MR) is 87.6 cm³/mol. The Morgan fingerprint density at radius 1 is 1.17 bits per heavy atom. The average molecular weight is 317 g/mol. The van der Waals surface area contributed by atoms with Gasteiger partial charge in [0.1, 0.15) is 11.3 Å². The highest BCUT2D eigenvalue weighted by Gasteiger charge is 2.52. The van der Waals surface area contributed by atoms with Crippen molar-refractivity contribution in [3.05, 3.63) is 24.3 Å². The lowest BCUT2D eigenvalue weighted by Crippen LogP contribution is -2.61. The van der Waals surface area contributed by atoms with Crippen LogP contribution < -0.4 is 10.1 Å². The number of ether oxygens (including phenoxy) is 1. The molecule has 124 valence electrons. The fourth-order valence-electron chi connectivity index (χ4n) is 3.69. The highest BCUT2D eigenvalue weighted by atomic mass is 16.5. The van der Waals surface area contributed by atoms with E-state index in [1.807, 2.05) is 7.05 Å². The normalized spacial score (nSPS) is 24.2. The van der Waals surface area contributed by atoms with Crippen LogP contribution in [0.1, 0.15) is 25.7 Å². The summed E-state index contributed by atoms with van der Waals surface area (Å²) in [4.78, 5) is 28.9. The van der Waals surface area contributed by atoms with Crippen molar-refractivity contribution in [3.63, 3.8) is 0 Å². The van der Waals surface area contributed by atoms with Crippen molar-refractivity contribution in [2.45, 2.75) is 31.2 Å². The quantitative estimate of drug-likeness (QED) is 0.910. The number of anilines is 1. The Hall–Kier alpha value is -2.24. The van der Waals surface area contributed by atoms with Crippen molar-refractivity contribution < 1.29 is 14.3 Å². The van der Waals surface area contributed by atoms with E-state index in [4.69, 9.17) is 4.74 Å². The largest absolute Gasteiger partial charge is 0.497 e. The lowest BCUT2D eigenvalue weighted by Gasteiger charge is -2.43. The summed E-state index contributed by atoms with van der Waals surface area (Å²) in [7, 11) is 3.42. The van der Waals surface area contributed by atoms with Crippen LogP contribution in [-0.2, 0) is 4.79 Å². The Morgan fingerprint density at radius 3 is 2.48 bits per heavy atom. The minimum atomic E-state index is -0.649. The number of benzene rings is 1. The summed E-state index contributed by atoms with van der Waals surface area (Å²) >= 11 is 0. The Bertz CT molecular complexity index is 602. The van der Waals surface area contributed by atoms with E-state index in [1.54, 1.807) is 41.2 Å². The molecule has 0 bridgehead atoms. The van der Waals surface area contributed by atoms with E-state index in [0.29, 0.717) is 12.2 Å². The second kappa shape index (κ2) is 6.10. The summed E-state index contributed by atoms with van der Waals surface area (Å²) in [5.41, 5.74) is 0.0540. The molecule has 2 fully saturated rings. The molecule has 1 N–H and O–H groups in total. The third-order valence-corrected chi connectivity index (χ3v) is 4.90. The summed E-state index contributed by atoms with van der Waals surface area (Å²) < 4.78 is 5.12. The zero-order chi connectivity index (χ0) is 16.4. The first-order valence-electron chi connectivity index (χ1n) is 8.05. The van der Waals surface area contributed by atoms with Gasteiger partial charge in [0, 0.05) is 25.8 Å². The van der Waals surface area contributed by atoms with Crippen LogP contribution in [0.2, 0.25) is 0 Å². The monoisotopic (exact) mass is 317 g/mol. The molecule has 1 atom stereocenters. The van der Waals surface area contributed by atoms with Crippen LogP contribution in [-0.4, -0.2) is 54.5 Å². The van der Waals surface area contributed by atoms with E-state index in [2.05, 4.69) is 5.32 Å². The maximum Gasteiger partial charge on any atom is 0.322 e. The summed E-state index contributed by atoms with van der Waals surface area (Å²) in [5.74, 6) is 0.816. The van der Waals surface area contributed by atoms with Crippen molar-refractivity contribution in [2.75, 3.05) is 32.6 Å². The number of hydrogen-bond donors (Lipinski definition) is 1. The van der Waals surface area contributed by atoms with Crippen LogP contribution in [0.25, 0.3) is 0 Å². The van der Waals surface area contributed by atoms with Gasteiger partial charge >= 0.3 is 6.03 Å². The molecular weight excluding hydrogens is 294 g/mol. The van der Waals surface area contributed by atoms with Gasteiger partial charge in [-0.1, -0.05) is 0 Å². The first-order valence-corrected chi connectivity index (χ1v) is 8.05. The Morgan fingerprint density at radius 2 is 1.83 bits per heavy atom. The summed E-state index contributed by atoms with van der Waals surface area (Å²) in [6.45, 7) is 1.40. The number of nitrogens with one attached hydrogen (secondary N) is 1. The first-order chi connectivity index (χ1) is 11.1. The van der Waals surface area contributed by atoms with Crippen LogP contribution in [0, 0.1) is 0 Å². The number of carbonyl (C=O) groups excluding carboxylic acids is 2. The van der Waals surface area contributed by atoms with Gasteiger partial charge in [0.15, 0.2) is 0 Å². The molecule has 6 nitrogen and oxygen atoms in total. The zero-order valence-corrected chi connectivity index (χ0v) is 13.7. The molecule has 23 heavy (non-hydrogen) atoms. The summed E-state index contributed by atoms with van der Waals surface area (Å²) in [6, 6.07) is 7.00. The van der Waals surface area contributed by atoms with E-state index < -0.39 is 5.54 Å². The third kappa shape index (κ3) is 2.73. The summed E-state index contributed by atoms with van der Waals surface area (Å²) in [6.07, 6.45) is 3.32. The number of urea groups is 1. The second-order valence-electron chi connectivity index (χ2n) is 6.28. The standard InChI is InChI=1S/C17H23N3O3/c1-19-11-3-9-17(15(19)21)10-4-12-20(17)16(22)18-13-5-7-14(23-2)8-6-13/h5-8H,3-4,9-12H2,1-2H3,(H,18,22). The molecule has 0 saturated carbocycles. The molecule has 1 aromatic carbocycles. The van der Waals surface area contributed by atoms with E-state index in [-0.39, 0.29) is 11.9 Å². The molecule has 1 aromatic rings. The van der Waals surface area contributed by atoms with E-state index in [0.717, 1.165) is 38.0 Å². The van der Waals surface area contributed by atoms with Crippen molar-refractivity contribution in [2.24, 2.45) is 0 Å². The summed E-state index contributed by atoms with van der Waals surface area (Å²) in [5, 5.41) is 2.90. The van der Waals surface area contributed by atoms with Crippen molar-refractivity contribution in [1.29, 1.82) is 0 Å². The molecule has 1 spiro atoms. The molecule has 2 saturated heterocycles. The topological polar surface area (TPSA) is 61.9 Å². The molecule has 3 rings (SSSR count). The molecule has 2 aliphatic heterocycles. The molecule has 2 aliphatic rings. The second-order valence-corrected chi connectivity index (χ2v) is 6.28. The van der Waals surface area contributed by atoms with Gasteiger partial charge in [0.2, 0.25) is 5.91 Å². The minimum Gasteiger partial charge on any atom is -0.497 e. The van der Waals surface area contributed by atoms with Crippen LogP contribution in [0.15, 0.2) is 24.3 Å². The van der Waals surface area contributed by atoms with Crippen LogP contribution in [0.3, 0.4) is 0 Å². The number of piperidine rings is 1. The molecule has 2 heterocycles. The first kappa shape index (κ1) is 15.6. The fraction of sp³-hybridized carbons (Fsp3) is 0.529. The predicted octanol–water partition coefficient (Wildman–Crippen LogP) is 2.31.